The molecule has 0 aliphatic carbocycles. The Kier molecular flexibility index (Phi) is 7.28. The normalized spacial score (nSPS) is 10.7. The van der Waals surface area contributed by atoms with Crippen LogP contribution in [0.5, 0.6) is 5.75 Å². The van der Waals surface area contributed by atoms with Crippen molar-refractivity contribution in [2.45, 2.75) is 20.1 Å². The monoisotopic (exact) mass is 503 g/mol. The van der Waals surface area contributed by atoms with Crippen LogP contribution in [0.3, 0.4) is 0 Å². The molecular weight excluding hydrogens is 478 g/mol. The van der Waals surface area contributed by atoms with E-state index in [-0.39, 0.29) is 36.1 Å². The molecular formula is C25H25N7O5. The summed E-state index contributed by atoms with van der Waals surface area (Å²) in [6, 6.07) is 11.4. The van der Waals surface area contributed by atoms with E-state index in [2.05, 4.69) is 20.8 Å². The van der Waals surface area contributed by atoms with E-state index in [0.717, 1.165) is 11.1 Å². The molecule has 4 rings (SSSR count). The summed E-state index contributed by atoms with van der Waals surface area (Å²) < 4.78 is 8.79. The van der Waals surface area contributed by atoms with E-state index >= 15 is 0 Å². The number of nitrogens with zero attached hydrogens (tertiary/aromatic N) is 5. The zero-order chi connectivity index (χ0) is 26.5. The summed E-state index contributed by atoms with van der Waals surface area (Å²) in [7, 11) is 3.41. The molecule has 0 fully saturated rings. The van der Waals surface area contributed by atoms with Crippen LogP contribution in [0.15, 0.2) is 61.1 Å². The molecule has 2 heterocycles. The lowest BCUT2D eigenvalue weighted by Gasteiger charge is -2.10. The molecule has 12 heteroatoms. The second-order valence-corrected chi connectivity index (χ2v) is 8.38. The average Bonchev–Trinajstić information content (AvgIpc) is 3.45. The maximum absolute atomic E-state index is 13.0. The number of aromatic nitrogens is 4. The number of carbonyl (C=O) groups excluding carboxylic acids is 2. The Morgan fingerprint density at radius 3 is 2.57 bits per heavy atom. The van der Waals surface area contributed by atoms with E-state index in [1.54, 1.807) is 68.4 Å². The number of nitro benzene ring substituents is 1. The molecule has 0 unspecified atom stereocenters. The van der Waals surface area contributed by atoms with Crippen molar-refractivity contribution in [3.63, 3.8) is 0 Å². The zero-order valence-electron chi connectivity index (χ0n) is 20.5. The van der Waals surface area contributed by atoms with Crippen molar-refractivity contribution in [3.05, 3.63) is 99.1 Å². The molecule has 2 amide bonds. The first-order chi connectivity index (χ1) is 17.7. The van der Waals surface area contributed by atoms with Crippen molar-refractivity contribution in [1.29, 1.82) is 0 Å². The second kappa shape index (κ2) is 10.7. The Labute approximate surface area is 212 Å². The fourth-order valence-electron chi connectivity index (χ4n) is 3.71. The van der Waals surface area contributed by atoms with E-state index in [4.69, 9.17) is 4.74 Å². The molecule has 2 aromatic heterocycles. The highest BCUT2D eigenvalue weighted by atomic mass is 16.6. The molecule has 0 aliphatic heterocycles. The van der Waals surface area contributed by atoms with E-state index < -0.39 is 10.8 Å². The van der Waals surface area contributed by atoms with Crippen LogP contribution in [-0.4, -0.2) is 36.3 Å². The van der Waals surface area contributed by atoms with Gasteiger partial charge in [0.2, 0.25) is 0 Å². The number of rotatable bonds is 9. The van der Waals surface area contributed by atoms with Crippen molar-refractivity contribution >= 4 is 23.2 Å². The summed E-state index contributed by atoms with van der Waals surface area (Å²) in [4.78, 5) is 36.3. The summed E-state index contributed by atoms with van der Waals surface area (Å²) >= 11 is 0. The number of nitrogens with one attached hydrogen (secondary N) is 2. The Hall–Kier alpha value is -5.00. The van der Waals surface area contributed by atoms with Crippen molar-refractivity contribution in [2.75, 3.05) is 5.32 Å². The maximum Gasteiger partial charge on any atom is 0.272 e. The highest BCUT2D eigenvalue weighted by molar-refractivity contribution is 6.08. The highest BCUT2D eigenvalue weighted by Crippen LogP contribution is 2.24. The number of amides is 2. The van der Waals surface area contributed by atoms with Gasteiger partial charge in [-0.05, 0) is 36.8 Å². The third-order valence-electron chi connectivity index (χ3n) is 5.57. The van der Waals surface area contributed by atoms with Gasteiger partial charge in [0.15, 0.2) is 0 Å². The minimum absolute atomic E-state index is 0.0199. The molecule has 0 aliphatic rings. The SMILES string of the molecule is Cc1cc(OCc2cccc(C(=O)Nc3cnn(C)c3C(=O)NCc3cnn(C)c3)c2)ccc1[N+](=O)[O-]. The van der Waals surface area contributed by atoms with Crippen molar-refractivity contribution < 1.29 is 19.2 Å². The average molecular weight is 504 g/mol. The predicted molar refractivity (Wildman–Crippen MR) is 134 cm³/mol. The molecule has 37 heavy (non-hydrogen) atoms. The van der Waals surface area contributed by atoms with Crippen molar-refractivity contribution in [3.8, 4) is 5.75 Å². The van der Waals surface area contributed by atoms with Crippen LogP contribution in [0.4, 0.5) is 11.4 Å². The maximum atomic E-state index is 13.0. The summed E-state index contributed by atoms with van der Waals surface area (Å²) in [6.07, 6.45) is 4.87. The fourth-order valence-corrected chi connectivity index (χ4v) is 3.71. The van der Waals surface area contributed by atoms with Crippen molar-refractivity contribution in [2.24, 2.45) is 14.1 Å². The minimum atomic E-state index is -0.445. The lowest BCUT2D eigenvalue weighted by molar-refractivity contribution is -0.385. The zero-order valence-corrected chi connectivity index (χ0v) is 20.5. The van der Waals surface area contributed by atoms with E-state index in [1.807, 2.05) is 0 Å². The Morgan fingerprint density at radius 1 is 1.05 bits per heavy atom. The number of aryl methyl sites for hydroxylation is 3. The predicted octanol–water partition coefficient (Wildman–Crippen LogP) is 3.13. The smallest absolute Gasteiger partial charge is 0.272 e. The second-order valence-electron chi connectivity index (χ2n) is 8.38. The lowest BCUT2D eigenvalue weighted by Crippen LogP contribution is -2.26. The molecule has 190 valence electrons. The van der Waals surface area contributed by atoms with Crippen LogP contribution < -0.4 is 15.4 Å². The number of hydrogen-bond acceptors (Lipinski definition) is 7. The van der Waals surface area contributed by atoms with Crippen LogP contribution in [0, 0.1) is 17.0 Å². The number of nitro groups is 1. The first kappa shape index (κ1) is 25.1. The molecule has 0 saturated heterocycles. The van der Waals surface area contributed by atoms with Gasteiger partial charge in [-0.1, -0.05) is 12.1 Å². The quantitative estimate of drug-likeness (QED) is 0.263. The van der Waals surface area contributed by atoms with E-state index in [9.17, 15) is 19.7 Å². The van der Waals surface area contributed by atoms with Crippen LogP contribution in [0.25, 0.3) is 0 Å². The van der Waals surface area contributed by atoms with E-state index in [1.165, 1.54) is 23.0 Å². The van der Waals surface area contributed by atoms with Gasteiger partial charge >= 0.3 is 0 Å². The lowest BCUT2D eigenvalue weighted by atomic mass is 10.1. The van der Waals surface area contributed by atoms with Gasteiger partial charge in [0.05, 0.1) is 23.0 Å². The largest absolute Gasteiger partial charge is 0.489 e. The first-order valence-electron chi connectivity index (χ1n) is 11.3. The standard InChI is InChI=1S/C25H25N7O5/c1-16-9-20(7-8-22(16)32(35)36)37-15-17-5-4-6-19(10-17)24(33)29-21-13-28-31(3)23(21)25(34)26-11-18-12-27-30(2)14-18/h4-10,12-14H,11,15H2,1-3H3,(H,26,34)(H,29,33). The van der Waals surface area contributed by atoms with Gasteiger partial charge in [0, 0.05) is 49.6 Å². The van der Waals surface area contributed by atoms with Gasteiger partial charge < -0.3 is 15.4 Å². The number of hydrogen-bond donors (Lipinski definition) is 2. The number of carbonyl (C=O) groups is 2. The Morgan fingerprint density at radius 2 is 1.86 bits per heavy atom. The third-order valence-corrected chi connectivity index (χ3v) is 5.57. The molecule has 2 N–H and O–H groups in total. The van der Waals surface area contributed by atoms with Crippen molar-refractivity contribution in [1.82, 2.24) is 24.9 Å². The summed E-state index contributed by atoms with van der Waals surface area (Å²) in [5.41, 5.74) is 2.94. The molecule has 0 bridgehead atoms. The molecule has 4 aromatic rings. The van der Waals surface area contributed by atoms with Gasteiger partial charge in [-0.3, -0.25) is 29.1 Å². The Bertz CT molecular complexity index is 1470. The third kappa shape index (κ3) is 5.99. The van der Waals surface area contributed by atoms with Gasteiger partial charge in [0.25, 0.3) is 17.5 Å². The van der Waals surface area contributed by atoms with E-state index in [0.29, 0.717) is 16.9 Å². The van der Waals surface area contributed by atoms with Gasteiger partial charge in [0.1, 0.15) is 18.1 Å². The minimum Gasteiger partial charge on any atom is -0.489 e. The Balaban J connectivity index is 1.41. The van der Waals surface area contributed by atoms with Gasteiger partial charge in [-0.2, -0.15) is 10.2 Å². The molecule has 2 aromatic carbocycles. The summed E-state index contributed by atoms with van der Waals surface area (Å²) in [5, 5.41) is 24.7. The fraction of sp³-hybridized carbons (Fsp3) is 0.200. The van der Waals surface area contributed by atoms with Crippen LogP contribution in [0.1, 0.15) is 37.5 Å². The first-order valence-corrected chi connectivity index (χ1v) is 11.3. The number of anilines is 1. The van der Waals surface area contributed by atoms with Crippen LogP contribution in [0.2, 0.25) is 0 Å². The van der Waals surface area contributed by atoms with Gasteiger partial charge in [-0.15, -0.1) is 0 Å². The number of benzene rings is 2. The molecule has 0 spiro atoms. The molecule has 12 nitrogen and oxygen atoms in total. The van der Waals surface area contributed by atoms with Crippen LogP contribution in [-0.2, 0) is 27.2 Å². The number of ether oxygens (including phenoxy) is 1. The molecule has 0 radical (unpaired) electrons. The van der Waals surface area contributed by atoms with Gasteiger partial charge in [-0.25, -0.2) is 0 Å². The highest BCUT2D eigenvalue weighted by Gasteiger charge is 2.19. The molecule has 0 saturated carbocycles. The molecule has 0 atom stereocenters. The topological polar surface area (TPSA) is 146 Å². The summed E-state index contributed by atoms with van der Waals surface area (Å²) in [6.45, 7) is 2.08. The van der Waals surface area contributed by atoms with Crippen LogP contribution >= 0.6 is 0 Å². The summed E-state index contributed by atoms with van der Waals surface area (Å²) in [5.74, 6) is -0.322.